The Morgan fingerprint density at radius 2 is 1.87 bits per heavy atom. The first kappa shape index (κ1) is 10.8. The molecule has 0 aromatic heterocycles. The third-order valence-electron chi connectivity index (χ3n) is 3.61. The van der Waals surface area contributed by atoms with Crippen molar-refractivity contribution >= 4 is 11.6 Å². The van der Waals surface area contributed by atoms with E-state index in [0.717, 1.165) is 25.8 Å². The topological polar surface area (TPSA) is 46.2 Å². The van der Waals surface area contributed by atoms with Crippen molar-refractivity contribution < 1.29 is 9.59 Å². The number of ketones is 2. The van der Waals surface area contributed by atoms with E-state index in [-0.39, 0.29) is 23.5 Å². The van der Waals surface area contributed by atoms with Gasteiger partial charge >= 0.3 is 0 Å². The van der Waals surface area contributed by atoms with Gasteiger partial charge in [0.2, 0.25) is 5.78 Å². The van der Waals surface area contributed by atoms with Gasteiger partial charge in [0.25, 0.3) is 0 Å². The second-order valence-corrected chi connectivity index (χ2v) is 4.70. The van der Waals surface area contributed by atoms with Gasteiger partial charge in [0.05, 0.1) is 0 Å². The molecule has 2 rings (SSSR count). The van der Waals surface area contributed by atoms with E-state index in [4.69, 9.17) is 0 Å². The molecule has 0 aromatic carbocycles. The van der Waals surface area contributed by atoms with Gasteiger partial charge in [-0.2, -0.15) is 0 Å². The maximum Gasteiger partial charge on any atom is 0.202 e. The van der Waals surface area contributed by atoms with Crippen molar-refractivity contribution in [3.63, 3.8) is 0 Å². The van der Waals surface area contributed by atoms with Crippen LogP contribution in [0.3, 0.4) is 0 Å². The first-order valence-electron chi connectivity index (χ1n) is 6.09. The molecule has 3 nitrogen and oxygen atoms in total. The van der Waals surface area contributed by atoms with E-state index >= 15 is 0 Å². The minimum Gasteiger partial charge on any atom is -0.313 e. The summed E-state index contributed by atoms with van der Waals surface area (Å²) in [5, 5.41) is 3.43. The van der Waals surface area contributed by atoms with E-state index in [2.05, 4.69) is 5.32 Å². The van der Waals surface area contributed by atoms with Crippen LogP contribution in [0.15, 0.2) is 0 Å². The van der Waals surface area contributed by atoms with Crippen LogP contribution in [0, 0.1) is 5.92 Å². The lowest BCUT2D eigenvalue weighted by molar-refractivity contribution is -0.141. The minimum absolute atomic E-state index is 0.0238. The Labute approximate surface area is 90.6 Å². The highest BCUT2D eigenvalue weighted by atomic mass is 16.2. The van der Waals surface area contributed by atoms with Crippen molar-refractivity contribution in [3.8, 4) is 0 Å². The number of hydrogen-bond donors (Lipinski definition) is 1. The van der Waals surface area contributed by atoms with E-state index < -0.39 is 0 Å². The number of hydrogen-bond acceptors (Lipinski definition) is 3. The molecule has 1 heterocycles. The zero-order valence-corrected chi connectivity index (χ0v) is 9.13. The number of carbonyl (C=O) groups excluding carboxylic acids is 2. The molecule has 2 atom stereocenters. The Bertz CT molecular complexity index is 254. The molecule has 1 saturated heterocycles. The summed E-state index contributed by atoms with van der Waals surface area (Å²) < 4.78 is 0. The van der Waals surface area contributed by atoms with Crippen LogP contribution in [-0.4, -0.2) is 24.2 Å². The van der Waals surface area contributed by atoms with Crippen LogP contribution in [0.5, 0.6) is 0 Å². The molecule has 2 fully saturated rings. The normalized spacial score (nSPS) is 33.9. The molecule has 0 radical (unpaired) electrons. The SMILES string of the molecule is O=C1CCCC(C2CCCCCN2)C1=O. The highest BCUT2D eigenvalue weighted by Gasteiger charge is 2.34. The second-order valence-electron chi connectivity index (χ2n) is 4.70. The molecule has 2 unspecified atom stereocenters. The van der Waals surface area contributed by atoms with Crippen LogP contribution in [0.1, 0.15) is 44.9 Å². The van der Waals surface area contributed by atoms with Crippen LogP contribution < -0.4 is 5.32 Å². The van der Waals surface area contributed by atoms with Crippen LogP contribution in [0.4, 0.5) is 0 Å². The summed E-state index contributed by atoms with van der Waals surface area (Å²) in [5.41, 5.74) is 0. The van der Waals surface area contributed by atoms with Crippen LogP contribution in [-0.2, 0) is 9.59 Å². The second kappa shape index (κ2) is 4.88. The molecule has 15 heavy (non-hydrogen) atoms. The third kappa shape index (κ3) is 2.46. The van der Waals surface area contributed by atoms with E-state index in [0.29, 0.717) is 6.42 Å². The van der Waals surface area contributed by atoms with E-state index in [1.807, 2.05) is 0 Å². The molecule has 0 aromatic rings. The first-order chi connectivity index (χ1) is 7.29. The zero-order chi connectivity index (χ0) is 10.7. The lowest BCUT2D eigenvalue weighted by Crippen LogP contribution is -2.44. The molecule has 1 N–H and O–H groups in total. The maximum absolute atomic E-state index is 11.7. The number of carbonyl (C=O) groups is 2. The lowest BCUT2D eigenvalue weighted by Gasteiger charge is -2.28. The van der Waals surface area contributed by atoms with Crippen LogP contribution >= 0.6 is 0 Å². The number of Topliss-reactive ketones (excluding diaryl/α,β-unsaturated/α-hetero) is 2. The van der Waals surface area contributed by atoms with Crippen LogP contribution in [0.25, 0.3) is 0 Å². The number of nitrogens with one attached hydrogen (secondary N) is 1. The molecular weight excluding hydrogens is 190 g/mol. The standard InChI is InChI=1S/C12H19NO2/c14-11-7-4-5-9(12(11)15)10-6-2-1-3-8-13-10/h9-10,13H,1-8H2. The summed E-state index contributed by atoms with van der Waals surface area (Å²) in [6.07, 6.45) is 6.97. The first-order valence-corrected chi connectivity index (χ1v) is 6.09. The predicted octanol–water partition coefficient (Wildman–Crippen LogP) is 1.46. The maximum atomic E-state index is 11.7. The van der Waals surface area contributed by atoms with Gasteiger partial charge in [-0.1, -0.05) is 12.8 Å². The molecule has 1 aliphatic heterocycles. The molecule has 2 aliphatic rings. The van der Waals surface area contributed by atoms with Gasteiger partial charge in [-0.25, -0.2) is 0 Å². The molecule has 84 valence electrons. The Hall–Kier alpha value is -0.700. The van der Waals surface area contributed by atoms with Crippen molar-refractivity contribution in [2.45, 2.75) is 51.0 Å². The summed E-state index contributed by atoms with van der Waals surface area (Å²) in [5.74, 6) is -0.276. The fraction of sp³-hybridized carbons (Fsp3) is 0.833. The van der Waals surface area contributed by atoms with E-state index in [1.165, 1.54) is 19.3 Å². The van der Waals surface area contributed by atoms with Gasteiger partial charge < -0.3 is 5.32 Å². The van der Waals surface area contributed by atoms with Crippen molar-refractivity contribution in [2.24, 2.45) is 5.92 Å². The van der Waals surface area contributed by atoms with E-state index in [1.54, 1.807) is 0 Å². The molecule has 1 saturated carbocycles. The largest absolute Gasteiger partial charge is 0.313 e. The molecule has 0 amide bonds. The Morgan fingerprint density at radius 3 is 2.73 bits per heavy atom. The fourth-order valence-corrected chi connectivity index (χ4v) is 2.73. The molecular formula is C12H19NO2. The van der Waals surface area contributed by atoms with E-state index in [9.17, 15) is 9.59 Å². The van der Waals surface area contributed by atoms with Crippen molar-refractivity contribution in [2.75, 3.05) is 6.54 Å². The number of rotatable bonds is 1. The summed E-state index contributed by atoms with van der Waals surface area (Å²) in [6, 6.07) is 0.268. The quantitative estimate of drug-likeness (QED) is 0.665. The van der Waals surface area contributed by atoms with Crippen molar-refractivity contribution in [3.05, 3.63) is 0 Å². The van der Waals surface area contributed by atoms with Gasteiger partial charge in [0.1, 0.15) is 0 Å². The average molecular weight is 209 g/mol. The Kier molecular flexibility index (Phi) is 3.52. The summed E-state index contributed by atoms with van der Waals surface area (Å²) in [6.45, 7) is 1.00. The van der Waals surface area contributed by atoms with Crippen molar-refractivity contribution in [1.82, 2.24) is 5.32 Å². The summed E-state index contributed by atoms with van der Waals surface area (Å²) >= 11 is 0. The highest BCUT2D eigenvalue weighted by Crippen LogP contribution is 2.25. The summed E-state index contributed by atoms with van der Waals surface area (Å²) in [7, 11) is 0. The molecule has 0 bridgehead atoms. The van der Waals surface area contributed by atoms with Crippen LogP contribution in [0.2, 0.25) is 0 Å². The smallest absolute Gasteiger partial charge is 0.202 e. The lowest BCUT2D eigenvalue weighted by atomic mass is 9.80. The van der Waals surface area contributed by atoms with Crippen molar-refractivity contribution in [1.29, 1.82) is 0 Å². The van der Waals surface area contributed by atoms with Gasteiger partial charge in [0.15, 0.2) is 5.78 Å². The average Bonchev–Trinajstić information content (AvgIpc) is 2.50. The minimum atomic E-state index is -0.141. The highest BCUT2D eigenvalue weighted by molar-refractivity contribution is 6.38. The van der Waals surface area contributed by atoms with Gasteiger partial charge in [-0.3, -0.25) is 9.59 Å². The zero-order valence-electron chi connectivity index (χ0n) is 9.13. The molecule has 1 aliphatic carbocycles. The monoisotopic (exact) mass is 209 g/mol. The predicted molar refractivity (Wildman–Crippen MR) is 57.6 cm³/mol. The molecule has 0 spiro atoms. The van der Waals surface area contributed by atoms with Gasteiger partial charge in [0, 0.05) is 18.4 Å². The molecule has 3 heteroatoms. The van der Waals surface area contributed by atoms with Gasteiger partial charge in [-0.15, -0.1) is 0 Å². The Balaban J connectivity index is 2.00. The third-order valence-corrected chi connectivity index (χ3v) is 3.61. The van der Waals surface area contributed by atoms with Gasteiger partial charge in [-0.05, 0) is 32.2 Å². The fourth-order valence-electron chi connectivity index (χ4n) is 2.73. The summed E-state index contributed by atoms with van der Waals surface area (Å²) in [4.78, 5) is 23.1. The Morgan fingerprint density at radius 1 is 1.00 bits per heavy atom.